The van der Waals surface area contributed by atoms with Crippen LogP contribution >= 0.6 is 0 Å². The second kappa shape index (κ2) is 6.88. The Morgan fingerprint density at radius 3 is 2.56 bits per heavy atom. The minimum atomic E-state index is 0.206. The molecule has 18 heavy (non-hydrogen) atoms. The number of nitrogens with one attached hydrogen (secondary N) is 1. The molecule has 3 nitrogen and oxygen atoms in total. The van der Waals surface area contributed by atoms with Crippen molar-refractivity contribution in [3.63, 3.8) is 0 Å². The van der Waals surface area contributed by atoms with Gasteiger partial charge in [0.05, 0.1) is 0 Å². The normalized spacial score (nSPS) is 26.0. The van der Waals surface area contributed by atoms with Crippen LogP contribution in [0, 0.1) is 11.3 Å². The van der Waals surface area contributed by atoms with Crippen LogP contribution in [0.15, 0.2) is 0 Å². The summed E-state index contributed by atoms with van der Waals surface area (Å²) in [5.74, 6) is 0.743. The fourth-order valence-corrected chi connectivity index (χ4v) is 2.96. The van der Waals surface area contributed by atoms with Gasteiger partial charge in [-0.05, 0) is 51.1 Å². The summed E-state index contributed by atoms with van der Waals surface area (Å²) in [5, 5.41) is 13.0. The van der Waals surface area contributed by atoms with Gasteiger partial charge in [-0.1, -0.05) is 20.8 Å². The fourth-order valence-electron chi connectivity index (χ4n) is 2.96. The van der Waals surface area contributed by atoms with Crippen LogP contribution in [0.5, 0.6) is 0 Å². The van der Waals surface area contributed by atoms with Crippen molar-refractivity contribution in [3.8, 4) is 0 Å². The van der Waals surface area contributed by atoms with Crippen LogP contribution in [0.25, 0.3) is 0 Å². The maximum absolute atomic E-state index is 9.22. The molecule has 0 radical (unpaired) electrons. The lowest BCUT2D eigenvalue weighted by Gasteiger charge is -2.39. The van der Waals surface area contributed by atoms with E-state index in [0.29, 0.717) is 12.1 Å². The van der Waals surface area contributed by atoms with Crippen molar-refractivity contribution in [3.05, 3.63) is 0 Å². The number of hydrogen-bond acceptors (Lipinski definition) is 3. The summed E-state index contributed by atoms with van der Waals surface area (Å²) in [6.07, 6.45) is 3.48. The van der Waals surface area contributed by atoms with Crippen molar-refractivity contribution in [2.24, 2.45) is 11.3 Å². The second-order valence-corrected chi connectivity index (χ2v) is 7.05. The van der Waals surface area contributed by atoms with E-state index in [1.54, 1.807) is 0 Å². The summed E-state index contributed by atoms with van der Waals surface area (Å²) in [7, 11) is 2.22. The Balaban J connectivity index is 2.52. The number of piperidine rings is 1. The van der Waals surface area contributed by atoms with Gasteiger partial charge in [-0.3, -0.25) is 0 Å². The average molecular weight is 256 g/mol. The number of aliphatic hydroxyl groups is 1. The van der Waals surface area contributed by atoms with Gasteiger partial charge in [0.2, 0.25) is 0 Å². The van der Waals surface area contributed by atoms with E-state index < -0.39 is 0 Å². The molecule has 3 heteroatoms. The number of aliphatic hydroxyl groups excluding tert-OH is 1. The summed E-state index contributed by atoms with van der Waals surface area (Å²) < 4.78 is 0. The van der Waals surface area contributed by atoms with E-state index in [1.807, 2.05) is 0 Å². The molecular weight excluding hydrogens is 224 g/mol. The van der Waals surface area contributed by atoms with Crippen molar-refractivity contribution >= 4 is 0 Å². The summed E-state index contributed by atoms with van der Waals surface area (Å²) in [6, 6.07) is 0.924. The Labute approximate surface area is 113 Å². The molecule has 1 fully saturated rings. The summed E-state index contributed by atoms with van der Waals surface area (Å²) in [4.78, 5) is 2.44. The molecule has 0 amide bonds. The maximum Gasteiger partial charge on any atom is 0.0446 e. The molecule has 1 aliphatic rings. The number of nitrogens with zero attached hydrogens (tertiary/aromatic N) is 1. The molecule has 0 spiro atoms. The van der Waals surface area contributed by atoms with E-state index in [0.717, 1.165) is 12.3 Å². The number of rotatable bonds is 5. The van der Waals surface area contributed by atoms with Gasteiger partial charge in [0.1, 0.15) is 0 Å². The molecule has 0 bridgehead atoms. The lowest BCUT2D eigenvalue weighted by atomic mass is 9.83. The zero-order chi connectivity index (χ0) is 13.8. The minimum Gasteiger partial charge on any atom is -0.396 e. The first-order chi connectivity index (χ1) is 8.34. The average Bonchev–Trinajstić information content (AvgIpc) is 2.27. The second-order valence-electron chi connectivity index (χ2n) is 7.05. The van der Waals surface area contributed by atoms with E-state index >= 15 is 0 Å². The third-order valence-corrected chi connectivity index (χ3v) is 4.30. The van der Waals surface area contributed by atoms with Crippen LogP contribution in [-0.2, 0) is 0 Å². The Hall–Kier alpha value is -0.120. The molecular formula is C15H32N2O. The predicted molar refractivity (Wildman–Crippen MR) is 77.8 cm³/mol. The first kappa shape index (κ1) is 15.9. The van der Waals surface area contributed by atoms with Gasteiger partial charge in [-0.25, -0.2) is 0 Å². The SMILES string of the molecule is CC(NC(CCO)C(C)(C)C)C1CCCN(C)C1. The highest BCUT2D eigenvalue weighted by Crippen LogP contribution is 2.25. The first-order valence-electron chi connectivity index (χ1n) is 7.40. The zero-order valence-electron chi connectivity index (χ0n) is 12.9. The van der Waals surface area contributed by atoms with Crippen LogP contribution < -0.4 is 5.32 Å². The maximum atomic E-state index is 9.22. The summed E-state index contributed by atoms with van der Waals surface area (Å²) in [5.41, 5.74) is 0.206. The van der Waals surface area contributed by atoms with Crippen LogP contribution in [0.4, 0.5) is 0 Å². The van der Waals surface area contributed by atoms with Crippen LogP contribution in [-0.4, -0.2) is 48.8 Å². The monoisotopic (exact) mass is 256 g/mol. The topological polar surface area (TPSA) is 35.5 Å². The van der Waals surface area contributed by atoms with Crippen molar-refractivity contribution < 1.29 is 5.11 Å². The lowest BCUT2D eigenvalue weighted by Crippen LogP contribution is -2.50. The molecule has 0 aliphatic carbocycles. The van der Waals surface area contributed by atoms with E-state index in [1.165, 1.54) is 25.9 Å². The molecule has 3 unspecified atom stereocenters. The van der Waals surface area contributed by atoms with Gasteiger partial charge in [0.15, 0.2) is 0 Å². The first-order valence-corrected chi connectivity index (χ1v) is 7.40. The van der Waals surface area contributed by atoms with Gasteiger partial charge in [0.25, 0.3) is 0 Å². The molecule has 1 saturated heterocycles. The van der Waals surface area contributed by atoms with Crippen molar-refractivity contribution in [1.29, 1.82) is 0 Å². The summed E-state index contributed by atoms with van der Waals surface area (Å²) >= 11 is 0. The van der Waals surface area contributed by atoms with E-state index in [4.69, 9.17) is 0 Å². The van der Waals surface area contributed by atoms with Gasteiger partial charge in [-0.2, -0.15) is 0 Å². The molecule has 0 aromatic rings. The minimum absolute atomic E-state index is 0.206. The van der Waals surface area contributed by atoms with Gasteiger partial charge in [-0.15, -0.1) is 0 Å². The molecule has 1 rings (SSSR count). The van der Waals surface area contributed by atoms with Crippen molar-refractivity contribution in [2.75, 3.05) is 26.7 Å². The molecule has 2 N–H and O–H groups in total. The quantitative estimate of drug-likeness (QED) is 0.791. The van der Waals surface area contributed by atoms with Gasteiger partial charge < -0.3 is 15.3 Å². The highest BCUT2D eigenvalue weighted by Gasteiger charge is 2.29. The Morgan fingerprint density at radius 2 is 2.06 bits per heavy atom. The number of hydrogen-bond donors (Lipinski definition) is 2. The summed E-state index contributed by atoms with van der Waals surface area (Å²) in [6.45, 7) is 11.8. The van der Waals surface area contributed by atoms with Gasteiger partial charge in [0, 0.05) is 25.2 Å². The zero-order valence-corrected chi connectivity index (χ0v) is 12.9. The van der Waals surface area contributed by atoms with E-state index in [9.17, 15) is 5.11 Å². The standard InChI is InChI=1S/C15H32N2O/c1-12(13-7-6-9-17(5)11-13)16-14(8-10-18)15(2,3)4/h12-14,16,18H,6-11H2,1-5H3. The van der Waals surface area contributed by atoms with Crippen molar-refractivity contribution in [1.82, 2.24) is 10.2 Å². The van der Waals surface area contributed by atoms with Crippen LogP contribution in [0.2, 0.25) is 0 Å². The Kier molecular flexibility index (Phi) is 6.09. The lowest BCUT2D eigenvalue weighted by molar-refractivity contribution is 0.139. The molecule has 0 aromatic heterocycles. The molecule has 0 aromatic carbocycles. The van der Waals surface area contributed by atoms with E-state index in [-0.39, 0.29) is 12.0 Å². The van der Waals surface area contributed by atoms with Crippen LogP contribution in [0.1, 0.15) is 47.0 Å². The fraction of sp³-hybridized carbons (Fsp3) is 1.00. The van der Waals surface area contributed by atoms with E-state index in [2.05, 4.69) is 45.0 Å². The third kappa shape index (κ3) is 4.87. The molecule has 1 aliphatic heterocycles. The predicted octanol–water partition coefficient (Wildman–Crippen LogP) is 2.10. The molecule has 108 valence electrons. The number of likely N-dealkylation sites (tertiary alicyclic amines) is 1. The van der Waals surface area contributed by atoms with Crippen LogP contribution in [0.3, 0.4) is 0 Å². The Bertz CT molecular complexity index is 237. The molecule has 3 atom stereocenters. The van der Waals surface area contributed by atoms with Crippen molar-refractivity contribution in [2.45, 2.75) is 59.0 Å². The highest BCUT2D eigenvalue weighted by atomic mass is 16.3. The largest absolute Gasteiger partial charge is 0.396 e. The molecule has 1 heterocycles. The molecule has 0 saturated carbocycles. The smallest absolute Gasteiger partial charge is 0.0446 e. The third-order valence-electron chi connectivity index (χ3n) is 4.30. The Morgan fingerprint density at radius 1 is 1.39 bits per heavy atom. The van der Waals surface area contributed by atoms with Gasteiger partial charge >= 0.3 is 0 Å². The highest BCUT2D eigenvalue weighted by molar-refractivity contribution is 4.86.